The molecule has 0 unspecified atom stereocenters. The summed E-state index contributed by atoms with van der Waals surface area (Å²) < 4.78 is 27.0. The lowest BCUT2D eigenvalue weighted by Crippen LogP contribution is -2.30. The zero-order chi connectivity index (χ0) is 25.9. The van der Waals surface area contributed by atoms with Gasteiger partial charge in [0.2, 0.25) is 10.0 Å². The van der Waals surface area contributed by atoms with E-state index in [0.717, 1.165) is 23.2 Å². The molecule has 0 saturated heterocycles. The Morgan fingerprint density at radius 1 is 0.944 bits per heavy atom. The molecule has 1 amide bonds. The molecule has 0 fully saturated rings. The van der Waals surface area contributed by atoms with Crippen molar-refractivity contribution in [2.45, 2.75) is 51.5 Å². The zero-order valence-electron chi connectivity index (χ0n) is 21.3. The average molecular weight is 504 g/mol. The minimum atomic E-state index is -3.58. The van der Waals surface area contributed by atoms with Crippen molar-refractivity contribution in [1.29, 1.82) is 0 Å². The van der Waals surface area contributed by atoms with E-state index in [9.17, 15) is 13.2 Å². The van der Waals surface area contributed by atoms with E-state index in [0.29, 0.717) is 37.0 Å². The molecule has 3 aromatic carbocycles. The van der Waals surface area contributed by atoms with E-state index in [1.807, 2.05) is 18.2 Å². The van der Waals surface area contributed by atoms with Crippen molar-refractivity contribution in [1.82, 2.24) is 4.31 Å². The summed E-state index contributed by atoms with van der Waals surface area (Å²) in [6.07, 6.45) is 1.07. The second kappa shape index (κ2) is 10.8. The topological polar surface area (TPSA) is 70.0 Å². The first-order chi connectivity index (χ1) is 17.3. The molecule has 1 aliphatic heterocycles. The van der Waals surface area contributed by atoms with Gasteiger partial charge in [0.15, 0.2) is 0 Å². The van der Waals surface area contributed by atoms with E-state index in [1.165, 1.54) is 34.1 Å². The number of carbonyl (C=O) groups is 1. The normalized spacial score (nSPS) is 15.4. The van der Waals surface area contributed by atoms with Crippen LogP contribution >= 0.6 is 0 Å². The van der Waals surface area contributed by atoms with Crippen LogP contribution in [0.15, 0.2) is 82.7 Å². The molecule has 188 valence electrons. The molecule has 1 heterocycles. The number of nitrogens with zero attached hydrogens (tertiary/aromatic N) is 3. The van der Waals surface area contributed by atoms with Gasteiger partial charge < -0.3 is 4.90 Å². The Balaban J connectivity index is 1.66. The van der Waals surface area contributed by atoms with Crippen LogP contribution in [0.25, 0.3) is 0 Å². The fourth-order valence-corrected chi connectivity index (χ4v) is 5.92. The highest BCUT2D eigenvalue weighted by Gasteiger charge is 2.28. The predicted octanol–water partition coefficient (Wildman–Crippen LogP) is 5.84. The highest BCUT2D eigenvalue weighted by molar-refractivity contribution is 7.89. The Hall–Kier alpha value is -3.29. The molecule has 1 atom stereocenters. The molecule has 0 N–H and O–H groups in total. The third-order valence-corrected chi connectivity index (χ3v) is 8.94. The first-order valence-corrected chi connectivity index (χ1v) is 13.9. The molecule has 0 radical (unpaired) electrons. The van der Waals surface area contributed by atoms with E-state index in [2.05, 4.69) is 54.1 Å². The quantitative estimate of drug-likeness (QED) is 0.387. The van der Waals surface area contributed by atoms with Gasteiger partial charge in [0.05, 0.1) is 11.4 Å². The van der Waals surface area contributed by atoms with E-state index in [1.54, 1.807) is 13.8 Å². The molecular weight excluding hydrogens is 470 g/mol. The molecule has 4 rings (SSSR count). The van der Waals surface area contributed by atoms with Gasteiger partial charge in [0.25, 0.3) is 5.91 Å². The molecule has 3 aromatic rings. The van der Waals surface area contributed by atoms with Crippen molar-refractivity contribution < 1.29 is 13.2 Å². The van der Waals surface area contributed by atoms with Gasteiger partial charge in [-0.3, -0.25) is 4.79 Å². The van der Waals surface area contributed by atoms with Gasteiger partial charge in [0.1, 0.15) is 5.84 Å². The highest BCUT2D eigenvalue weighted by atomic mass is 32.2. The van der Waals surface area contributed by atoms with Crippen molar-refractivity contribution in [3.05, 3.63) is 95.1 Å². The molecule has 36 heavy (non-hydrogen) atoms. The molecule has 1 aliphatic rings. The second-order valence-electron chi connectivity index (χ2n) is 9.00. The maximum atomic E-state index is 13.2. The number of aliphatic imine (C=N–C) groups is 1. The van der Waals surface area contributed by atoms with E-state index < -0.39 is 15.9 Å². The molecule has 0 saturated carbocycles. The summed E-state index contributed by atoms with van der Waals surface area (Å²) in [4.78, 5) is 20.0. The Labute approximate surface area is 214 Å². The number of hydrogen-bond acceptors (Lipinski definition) is 3. The van der Waals surface area contributed by atoms with Crippen LogP contribution in [0.5, 0.6) is 0 Å². The first kappa shape index (κ1) is 25.8. The van der Waals surface area contributed by atoms with Crippen LogP contribution in [-0.2, 0) is 16.6 Å². The maximum absolute atomic E-state index is 13.2. The van der Waals surface area contributed by atoms with Gasteiger partial charge in [-0.25, -0.2) is 8.42 Å². The number of carbonyl (C=O) groups excluding carboxylic acids is 1. The SMILES string of the molecule is CC[C@H](C)c1ccc(N2Cc3ccccc3C2=NC(=O)c2ccc(S(=O)(=O)N(CC)CC)cc2)cc1. The predicted molar refractivity (Wildman–Crippen MR) is 145 cm³/mol. The number of fused-ring (bicyclic) bond motifs is 1. The van der Waals surface area contributed by atoms with Crippen LogP contribution in [-0.4, -0.2) is 37.6 Å². The van der Waals surface area contributed by atoms with Crippen molar-refractivity contribution >= 4 is 27.5 Å². The number of benzene rings is 3. The smallest absolute Gasteiger partial charge is 0.278 e. The van der Waals surface area contributed by atoms with Crippen molar-refractivity contribution in [3.8, 4) is 0 Å². The lowest BCUT2D eigenvalue weighted by atomic mass is 9.98. The third kappa shape index (κ3) is 4.99. The fraction of sp³-hybridized carbons (Fsp3) is 0.310. The standard InChI is InChI=1S/C29H33N3O3S/c1-5-21(4)22-12-16-25(17-13-22)32-20-24-10-8-9-11-27(24)28(32)30-29(33)23-14-18-26(19-15-23)36(34,35)31(6-2)7-3/h8-19,21H,5-7,20H2,1-4H3/t21-/m0/s1. The van der Waals surface area contributed by atoms with Crippen LogP contribution < -0.4 is 4.90 Å². The molecule has 7 heteroatoms. The monoisotopic (exact) mass is 503 g/mol. The Kier molecular flexibility index (Phi) is 7.71. The summed E-state index contributed by atoms with van der Waals surface area (Å²) >= 11 is 0. The summed E-state index contributed by atoms with van der Waals surface area (Å²) in [7, 11) is -3.58. The number of rotatable bonds is 8. The number of sulfonamides is 1. The second-order valence-corrected chi connectivity index (χ2v) is 10.9. The van der Waals surface area contributed by atoms with Gasteiger partial charge in [0, 0.05) is 29.9 Å². The number of amides is 1. The van der Waals surface area contributed by atoms with Crippen molar-refractivity contribution in [3.63, 3.8) is 0 Å². The molecule has 0 aromatic heterocycles. The minimum absolute atomic E-state index is 0.171. The number of amidine groups is 1. The lowest BCUT2D eigenvalue weighted by molar-refractivity contribution is 0.100. The Morgan fingerprint density at radius 3 is 2.19 bits per heavy atom. The molecule has 0 aliphatic carbocycles. The molecule has 0 bridgehead atoms. The van der Waals surface area contributed by atoms with Gasteiger partial charge >= 0.3 is 0 Å². The van der Waals surface area contributed by atoms with Crippen LogP contribution in [0.1, 0.15) is 67.1 Å². The fourth-order valence-electron chi connectivity index (χ4n) is 4.46. The number of hydrogen-bond donors (Lipinski definition) is 0. The largest absolute Gasteiger partial charge is 0.321 e. The number of anilines is 1. The first-order valence-electron chi connectivity index (χ1n) is 12.5. The summed E-state index contributed by atoms with van der Waals surface area (Å²) in [5.74, 6) is 0.680. The zero-order valence-corrected chi connectivity index (χ0v) is 22.1. The third-order valence-electron chi connectivity index (χ3n) is 6.88. The van der Waals surface area contributed by atoms with Crippen LogP contribution in [0.2, 0.25) is 0 Å². The van der Waals surface area contributed by atoms with Gasteiger partial charge in [-0.2, -0.15) is 9.30 Å². The summed E-state index contributed by atoms with van der Waals surface area (Å²) in [6.45, 7) is 9.41. The molecule has 6 nitrogen and oxygen atoms in total. The molecular formula is C29H33N3O3S. The van der Waals surface area contributed by atoms with Gasteiger partial charge in [-0.15, -0.1) is 0 Å². The van der Waals surface area contributed by atoms with Gasteiger partial charge in [-0.05, 0) is 59.9 Å². The highest BCUT2D eigenvalue weighted by Crippen LogP contribution is 2.31. The summed E-state index contributed by atoms with van der Waals surface area (Å²) in [5, 5.41) is 0. The van der Waals surface area contributed by atoms with Crippen LogP contribution in [0.4, 0.5) is 5.69 Å². The lowest BCUT2D eigenvalue weighted by Gasteiger charge is -2.20. The van der Waals surface area contributed by atoms with E-state index in [-0.39, 0.29) is 4.90 Å². The molecule has 0 spiro atoms. The van der Waals surface area contributed by atoms with Crippen molar-refractivity contribution in [2.24, 2.45) is 4.99 Å². The average Bonchev–Trinajstić information content (AvgIpc) is 3.27. The summed E-state index contributed by atoms with van der Waals surface area (Å²) in [5.41, 5.74) is 4.64. The van der Waals surface area contributed by atoms with E-state index in [4.69, 9.17) is 0 Å². The van der Waals surface area contributed by atoms with Crippen LogP contribution in [0.3, 0.4) is 0 Å². The van der Waals surface area contributed by atoms with E-state index >= 15 is 0 Å². The van der Waals surface area contributed by atoms with Gasteiger partial charge in [-0.1, -0.05) is 64.1 Å². The Morgan fingerprint density at radius 2 is 1.58 bits per heavy atom. The van der Waals surface area contributed by atoms with Crippen molar-refractivity contribution in [2.75, 3.05) is 18.0 Å². The maximum Gasteiger partial charge on any atom is 0.278 e. The minimum Gasteiger partial charge on any atom is -0.321 e. The summed E-state index contributed by atoms with van der Waals surface area (Å²) in [6, 6.07) is 22.4. The van der Waals surface area contributed by atoms with Crippen LogP contribution in [0, 0.1) is 0 Å². The Bertz CT molecular complexity index is 1360.